The van der Waals surface area contributed by atoms with Gasteiger partial charge < -0.3 is 20.8 Å². The summed E-state index contributed by atoms with van der Waals surface area (Å²) >= 11 is 5.99. The van der Waals surface area contributed by atoms with E-state index in [1.165, 1.54) is 6.21 Å². The van der Waals surface area contributed by atoms with E-state index in [1.807, 2.05) is 6.07 Å². The number of nitrogens with two attached hydrogens (primary N) is 1. The predicted octanol–water partition coefficient (Wildman–Crippen LogP) is 1.76. The highest BCUT2D eigenvalue weighted by Gasteiger charge is 2.16. The minimum absolute atomic E-state index is 0.545. The summed E-state index contributed by atoms with van der Waals surface area (Å²) in [5.74, 6) is 0. The second kappa shape index (κ2) is 4.72. The van der Waals surface area contributed by atoms with Gasteiger partial charge in [-0.25, -0.2) is 0 Å². The summed E-state index contributed by atoms with van der Waals surface area (Å²) in [7, 11) is 0. The number of hydrogen-bond acceptors (Lipinski definition) is 4. The van der Waals surface area contributed by atoms with Gasteiger partial charge in [-0.3, -0.25) is 0 Å². The third-order valence-electron chi connectivity index (χ3n) is 2.65. The Kier molecular flexibility index (Phi) is 3.31. The zero-order valence-corrected chi connectivity index (χ0v) is 9.63. The molecule has 0 amide bonds. The van der Waals surface area contributed by atoms with Crippen LogP contribution in [-0.2, 0) is 4.74 Å². The Morgan fingerprint density at radius 2 is 2.06 bits per heavy atom. The molecular weight excluding hydrogens is 226 g/mol. The maximum Gasteiger partial charge on any atom is 0.0642 e. The molecule has 1 heterocycles. The number of nitrogen functional groups attached to an aromatic ring is 1. The molecule has 1 aliphatic rings. The van der Waals surface area contributed by atoms with Crippen molar-refractivity contribution in [3.63, 3.8) is 0 Å². The van der Waals surface area contributed by atoms with Crippen LogP contribution in [0.2, 0.25) is 5.02 Å². The molecule has 1 aromatic rings. The SMILES string of the molecule is N=Cc1c(N)cc(Cl)cc1N1CCOCC1. The van der Waals surface area contributed by atoms with Crippen molar-refractivity contribution in [2.24, 2.45) is 0 Å². The first-order chi connectivity index (χ1) is 7.72. The van der Waals surface area contributed by atoms with E-state index in [-0.39, 0.29) is 0 Å². The molecule has 3 N–H and O–H groups in total. The van der Waals surface area contributed by atoms with Gasteiger partial charge >= 0.3 is 0 Å². The van der Waals surface area contributed by atoms with E-state index in [1.54, 1.807) is 6.07 Å². The summed E-state index contributed by atoms with van der Waals surface area (Å²) in [6.45, 7) is 3.01. The van der Waals surface area contributed by atoms with Crippen molar-refractivity contribution in [1.82, 2.24) is 0 Å². The highest BCUT2D eigenvalue weighted by atomic mass is 35.5. The fourth-order valence-electron chi connectivity index (χ4n) is 1.85. The highest BCUT2D eigenvalue weighted by molar-refractivity contribution is 6.31. The van der Waals surface area contributed by atoms with Crippen molar-refractivity contribution in [3.8, 4) is 0 Å². The summed E-state index contributed by atoms with van der Waals surface area (Å²) in [4.78, 5) is 2.14. The number of nitrogens with zero attached hydrogens (tertiary/aromatic N) is 1. The summed E-state index contributed by atoms with van der Waals surface area (Å²) < 4.78 is 5.29. The van der Waals surface area contributed by atoms with Crippen molar-refractivity contribution in [1.29, 1.82) is 5.41 Å². The number of hydrogen-bond donors (Lipinski definition) is 2. The van der Waals surface area contributed by atoms with Gasteiger partial charge in [0.2, 0.25) is 0 Å². The van der Waals surface area contributed by atoms with Gasteiger partial charge in [-0.05, 0) is 12.1 Å². The second-order valence-corrected chi connectivity index (χ2v) is 4.11. The minimum atomic E-state index is 0.545. The molecule has 0 bridgehead atoms. The lowest BCUT2D eigenvalue weighted by Gasteiger charge is -2.30. The number of halogens is 1. The number of ether oxygens (including phenoxy) is 1. The topological polar surface area (TPSA) is 62.3 Å². The lowest BCUT2D eigenvalue weighted by molar-refractivity contribution is 0.122. The zero-order chi connectivity index (χ0) is 11.5. The Morgan fingerprint density at radius 3 is 2.69 bits per heavy atom. The maximum absolute atomic E-state index is 7.41. The normalized spacial score (nSPS) is 16.2. The Balaban J connectivity index is 2.40. The Bertz CT molecular complexity index is 402. The summed E-state index contributed by atoms with van der Waals surface area (Å²) in [6, 6.07) is 3.52. The number of nitrogens with one attached hydrogen (secondary N) is 1. The molecule has 4 nitrogen and oxygen atoms in total. The second-order valence-electron chi connectivity index (χ2n) is 3.67. The van der Waals surface area contributed by atoms with Gasteiger partial charge in [-0.15, -0.1) is 0 Å². The van der Waals surface area contributed by atoms with Crippen LogP contribution in [0.15, 0.2) is 12.1 Å². The van der Waals surface area contributed by atoms with Gasteiger partial charge in [0.15, 0.2) is 0 Å². The summed E-state index contributed by atoms with van der Waals surface area (Å²) in [6.07, 6.45) is 1.27. The van der Waals surface area contributed by atoms with Crippen LogP contribution in [0.4, 0.5) is 11.4 Å². The molecule has 0 atom stereocenters. The lowest BCUT2D eigenvalue weighted by atomic mass is 10.1. The van der Waals surface area contributed by atoms with E-state index < -0.39 is 0 Å². The predicted molar refractivity (Wildman–Crippen MR) is 66.8 cm³/mol. The van der Waals surface area contributed by atoms with Gasteiger partial charge in [-0.2, -0.15) is 0 Å². The molecule has 1 fully saturated rings. The van der Waals surface area contributed by atoms with Gasteiger partial charge in [0.05, 0.1) is 13.2 Å². The number of morpholine rings is 1. The molecule has 1 aromatic carbocycles. The summed E-state index contributed by atoms with van der Waals surface area (Å²) in [5, 5.41) is 8.01. The Hall–Kier alpha value is -1.26. The zero-order valence-electron chi connectivity index (χ0n) is 8.87. The van der Waals surface area contributed by atoms with E-state index in [0.29, 0.717) is 23.9 Å². The van der Waals surface area contributed by atoms with Gasteiger partial charge in [0, 0.05) is 41.3 Å². The third kappa shape index (κ3) is 2.13. The van der Waals surface area contributed by atoms with Crippen molar-refractivity contribution < 1.29 is 4.74 Å². The van der Waals surface area contributed by atoms with E-state index in [9.17, 15) is 0 Å². The molecule has 2 rings (SSSR count). The van der Waals surface area contributed by atoms with Crippen molar-refractivity contribution in [2.75, 3.05) is 36.9 Å². The van der Waals surface area contributed by atoms with Crippen LogP contribution < -0.4 is 10.6 Å². The molecule has 0 saturated carbocycles. The van der Waals surface area contributed by atoms with Gasteiger partial charge in [0.1, 0.15) is 0 Å². The van der Waals surface area contributed by atoms with E-state index in [0.717, 1.165) is 24.3 Å². The first-order valence-electron chi connectivity index (χ1n) is 5.14. The smallest absolute Gasteiger partial charge is 0.0642 e. The molecule has 1 saturated heterocycles. The van der Waals surface area contributed by atoms with E-state index >= 15 is 0 Å². The number of rotatable bonds is 2. The quantitative estimate of drug-likeness (QED) is 0.611. The van der Waals surface area contributed by atoms with Crippen LogP contribution in [0.1, 0.15) is 5.56 Å². The first kappa shape index (κ1) is 11.2. The average Bonchev–Trinajstić information content (AvgIpc) is 2.29. The lowest BCUT2D eigenvalue weighted by Crippen LogP contribution is -2.36. The van der Waals surface area contributed by atoms with Crippen molar-refractivity contribution in [2.45, 2.75) is 0 Å². The molecule has 1 aliphatic heterocycles. The Labute approximate surface area is 99.5 Å². The molecule has 0 aromatic heterocycles. The fraction of sp³-hybridized carbons (Fsp3) is 0.364. The molecule has 16 heavy (non-hydrogen) atoms. The standard InChI is InChI=1S/C11H14ClN3O/c12-8-5-10(14)9(7-13)11(6-8)15-1-3-16-4-2-15/h5-7,13H,1-4,14H2. The van der Waals surface area contributed by atoms with Crippen LogP contribution in [0, 0.1) is 5.41 Å². The van der Waals surface area contributed by atoms with Crippen LogP contribution in [0.5, 0.6) is 0 Å². The molecule has 0 aliphatic carbocycles. The Morgan fingerprint density at radius 1 is 1.38 bits per heavy atom. The molecule has 0 radical (unpaired) electrons. The third-order valence-corrected chi connectivity index (χ3v) is 2.87. The van der Waals surface area contributed by atoms with Gasteiger partial charge in [0.25, 0.3) is 0 Å². The van der Waals surface area contributed by atoms with Crippen LogP contribution >= 0.6 is 11.6 Å². The first-order valence-corrected chi connectivity index (χ1v) is 5.52. The molecule has 0 spiro atoms. The minimum Gasteiger partial charge on any atom is -0.398 e. The maximum atomic E-state index is 7.41. The van der Waals surface area contributed by atoms with Crippen LogP contribution in [0.3, 0.4) is 0 Å². The number of anilines is 2. The van der Waals surface area contributed by atoms with E-state index in [2.05, 4.69) is 4.90 Å². The molecule has 86 valence electrons. The summed E-state index contributed by atoms with van der Waals surface area (Å²) in [5.41, 5.74) is 8.04. The van der Waals surface area contributed by atoms with Crippen LogP contribution in [-0.4, -0.2) is 32.5 Å². The van der Waals surface area contributed by atoms with Crippen molar-refractivity contribution >= 4 is 29.2 Å². The fourth-order valence-corrected chi connectivity index (χ4v) is 2.07. The largest absolute Gasteiger partial charge is 0.398 e. The molecule has 5 heteroatoms. The molecular formula is C11H14ClN3O. The van der Waals surface area contributed by atoms with Crippen LogP contribution in [0.25, 0.3) is 0 Å². The van der Waals surface area contributed by atoms with Crippen molar-refractivity contribution in [3.05, 3.63) is 22.7 Å². The van der Waals surface area contributed by atoms with Gasteiger partial charge in [-0.1, -0.05) is 11.6 Å². The van der Waals surface area contributed by atoms with E-state index in [4.69, 9.17) is 27.5 Å². The number of benzene rings is 1. The highest BCUT2D eigenvalue weighted by Crippen LogP contribution is 2.29. The molecule has 0 unspecified atom stereocenters. The monoisotopic (exact) mass is 239 g/mol. The average molecular weight is 240 g/mol.